The molecule has 0 aliphatic carbocycles. The Morgan fingerprint density at radius 3 is 2.11 bits per heavy atom. The van der Waals surface area contributed by atoms with Crippen LogP contribution < -0.4 is 0 Å². The summed E-state index contributed by atoms with van der Waals surface area (Å²) in [6.07, 6.45) is 1.10. The van der Waals surface area contributed by atoms with Crippen molar-refractivity contribution in [1.29, 1.82) is 0 Å². The van der Waals surface area contributed by atoms with Gasteiger partial charge in [0.1, 0.15) is 0 Å². The molecule has 0 heterocycles. The van der Waals surface area contributed by atoms with Gasteiger partial charge in [0.05, 0.1) is 6.26 Å². The Bertz CT molecular complexity index is 97.1. The zero-order valence-electron chi connectivity index (χ0n) is 5.03. The number of ether oxygens (including phenoxy) is 1. The number of hydrogen-bond donors (Lipinski definition) is 1. The van der Waals surface area contributed by atoms with Crippen LogP contribution in [0.1, 0.15) is 6.92 Å². The maximum atomic E-state index is 9.75. The molecule has 0 rings (SSSR count). The number of carbonyl (C=O) groups is 2. The van der Waals surface area contributed by atoms with Crippen LogP contribution in [0.2, 0.25) is 0 Å². The molecule has 0 spiro atoms. The van der Waals surface area contributed by atoms with E-state index in [1.807, 2.05) is 0 Å². The van der Waals surface area contributed by atoms with Crippen LogP contribution in [-0.4, -0.2) is 17.5 Å². The lowest BCUT2D eigenvalue weighted by Gasteiger charge is -1.83. The molecule has 0 aliphatic heterocycles. The second-order valence-electron chi connectivity index (χ2n) is 0.882. The lowest BCUT2D eigenvalue weighted by molar-refractivity contribution is -0.135. The number of carboxylic acid groups (broad SMARTS) is 1. The van der Waals surface area contributed by atoms with Gasteiger partial charge in [0.2, 0.25) is 0 Å². The Kier molecular flexibility index (Phi) is 11.6. The van der Waals surface area contributed by atoms with E-state index in [-0.39, 0.29) is 12.4 Å². The van der Waals surface area contributed by atoms with Crippen molar-refractivity contribution in [2.45, 2.75) is 6.92 Å². The van der Waals surface area contributed by atoms with Gasteiger partial charge in [0.15, 0.2) is 0 Å². The minimum atomic E-state index is -0.329. The zero-order valence-corrected chi connectivity index (χ0v) is 5.03. The van der Waals surface area contributed by atoms with E-state index >= 15 is 0 Å². The Balaban J connectivity index is 0. The van der Waals surface area contributed by atoms with E-state index in [1.165, 1.54) is 6.92 Å². The van der Waals surface area contributed by atoms with Gasteiger partial charge in [-0.2, -0.15) is 0 Å². The molecule has 0 atom stereocenters. The van der Waals surface area contributed by atoms with E-state index in [9.17, 15) is 4.79 Å². The molecule has 1 N–H and O–H groups in total. The van der Waals surface area contributed by atoms with Crippen molar-refractivity contribution in [2.75, 3.05) is 0 Å². The molecule has 0 saturated carbocycles. The van der Waals surface area contributed by atoms with E-state index < -0.39 is 0 Å². The molecule has 0 fully saturated rings. The molecule has 52 valence electrons. The summed E-state index contributed by atoms with van der Waals surface area (Å²) >= 11 is 0. The molecule has 0 aromatic carbocycles. The van der Waals surface area contributed by atoms with Gasteiger partial charge in [-0.25, -0.2) is 0 Å². The minimum Gasteiger partial charge on any atom is -0.483 e. The lowest BCUT2D eigenvalue weighted by Crippen LogP contribution is -1.87. The van der Waals surface area contributed by atoms with Crippen LogP contribution in [-0.2, 0) is 14.3 Å². The highest BCUT2D eigenvalue weighted by Crippen LogP contribution is 1.70. The van der Waals surface area contributed by atoms with Gasteiger partial charge in [-0.15, -0.1) is 0 Å². The van der Waals surface area contributed by atoms with Crippen LogP contribution in [0.3, 0.4) is 0 Å². The fraction of sp³-hybridized carbons (Fsp3) is 0.200. The van der Waals surface area contributed by atoms with Crippen LogP contribution in [0, 0.1) is 0 Å². The molecule has 0 bridgehead atoms. The van der Waals surface area contributed by atoms with E-state index in [0.29, 0.717) is 0 Å². The molecule has 0 saturated heterocycles. The highest BCUT2D eigenvalue weighted by molar-refractivity contribution is 5.66. The molecule has 0 amide bonds. The number of hydrogen-bond acceptors (Lipinski definition) is 3. The van der Waals surface area contributed by atoms with Crippen molar-refractivity contribution in [1.82, 2.24) is 0 Å². The quantitative estimate of drug-likeness (QED) is 0.318. The van der Waals surface area contributed by atoms with Gasteiger partial charge in [-0.1, -0.05) is 6.58 Å². The molecule has 0 aromatic heterocycles. The smallest absolute Gasteiger partial charge is 0.307 e. The van der Waals surface area contributed by atoms with Crippen LogP contribution in [0.5, 0.6) is 0 Å². The Morgan fingerprint density at radius 1 is 1.78 bits per heavy atom. The van der Waals surface area contributed by atoms with Gasteiger partial charge in [-0.05, 0) is 0 Å². The van der Waals surface area contributed by atoms with E-state index in [0.717, 1.165) is 6.26 Å². The SMILES string of the molecule is C=COC(C)=O.O=CO. The van der Waals surface area contributed by atoms with Crippen molar-refractivity contribution in [3.8, 4) is 0 Å². The first-order chi connectivity index (χ1) is 4.18. The largest absolute Gasteiger partial charge is 0.483 e. The minimum absolute atomic E-state index is 0.250. The second-order valence-corrected chi connectivity index (χ2v) is 0.882. The summed E-state index contributed by atoms with van der Waals surface area (Å²) in [6, 6.07) is 0. The summed E-state index contributed by atoms with van der Waals surface area (Å²) in [4.78, 5) is 18.1. The first kappa shape index (κ1) is 10.6. The van der Waals surface area contributed by atoms with E-state index in [1.54, 1.807) is 0 Å². The molecule has 0 radical (unpaired) electrons. The maximum absolute atomic E-state index is 9.75. The standard InChI is InChI=1S/C4H6O2.CH2O2/c1-3-6-4(2)5;2-1-3/h3H,1H2,2H3;1H,(H,2,3). The third-order valence-electron chi connectivity index (χ3n) is 0.249. The maximum Gasteiger partial charge on any atom is 0.307 e. The van der Waals surface area contributed by atoms with Crippen LogP contribution in [0.4, 0.5) is 0 Å². The highest BCUT2D eigenvalue weighted by Gasteiger charge is 1.79. The van der Waals surface area contributed by atoms with Crippen molar-refractivity contribution in [2.24, 2.45) is 0 Å². The van der Waals surface area contributed by atoms with Gasteiger partial charge >= 0.3 is 5.97 Å². The van der Waals surface area contributed by atoms with Crippen LogP contribution >= 0.6 is 0 Å². The predicted molar refractivity (Wildman–Crippen MR) is 30.7 cm³/mol. The van der Waals surface area contributed by atoms with E-state index in [2.05, 4.69) is 11.3 Å². The van der Waals surface area contributed by atoms with Gasteiger partial charge in [0, 0.05) is 6.92 Å². The third-order valence-corrected chi connectivity index (χ3v) is 0.249. The molecule has 0 aliphatic rings. The molecule has 4 nitrogen and oxygen atoms in total. The van der Waals surface area contributed by atoms with Crippen molar-refractivity contribution < 1.29 is 19.4 Å². The monoisotopic (exact) mass is 132 g/mol. The van der Waals surface area contributed by atoms with Gasteiger partial charge in [-0.3, -0.25) is 9.59 Å². The Labute approximate surface area is 52.7 Å². The summed E-state index contributed by atoms with van der Waals surface area (Å²) in [5, 5.41) is 6.89. The average molecular weight is 132 g/mol. The predicted octanol–water partition coefficient (Wildman–Crippen LogP) is 0.394. The average Bonchev–Trinajstić information content (AvgIpc) is 1.67. The zero-order chi connectivity index (χ0) is 7.70. The summed E-state index contributed by atoms with van der Waals surface area (Å²) in [6.45, 7) is 4.23. The Morgan fingerprint density at radius 2 is 2.11 bits per heavy atom. The molecule has 0 aromatic rings. The topological polar surface area (TPSA) is 63.6 Å². The normalized spacial score (nSPS) is 5.89. The van der Waals surface area contributed by atoms with Crippen molar-refractivity contribution >= 4 is 12.4 Å². The van der Waals surface area contributed by atoms with Crippen molar-refractivity contribution in [3.05, 3.63) is 12.8 Å². The van der Waals surface area contributed by atoms with Gasteiger partial charge < -0.3 is 9.84 Å². The van der Waals surface area contributed by atoms with Gasteiger partial charge in [0.25, 0.3) is 6.47 Å². The molecular formula is C5H8O4. The fourth-order valence-electron chi connectivity index (χ4n) is 0.117. The Hall–Kier alpha value is -1.32. The summed E-state index contributed by atoms with van der Waals surface area (Å²) in [7, 11) is 0. The fourth-order valence-corrected chi connectivity index (χ4v) is 0.117. The molecule has 0 unspecified atom stereocenters. The molecular weight excluding hydrogens is 124 g/mol. The first-order valence-corrected chi connectivity index (χ1v) is 2.05. The molecule has 9 heavy (non-hydrogen) atoms. The molecule has 4 heteroatoms. The summed E-state index contributed by atoms with van der Waals surface area (Å²) in [5.74, 6) is -0.329. The lowest BCUT2D eigenvalue weighted by atomic mass is 10.8. The summed E-state index contributed by atoms with van der Waals surface area (Å²) in [5.41, 5.74) is 0. The highest BCUT2D eigenvalue weighted by atomic mass is 16.5. The summed E-state index contributed by atoms with van der Waals surface area (Å²) < 4.78 is 4.17. The van der Waals surface area contributed by atoms with Crippen LogP contribution in [0.15, 0.2) is 12.8 Å². The number of esters is 1. The van der Waals surface area contributed by atoms with E-state index in [4.69, 9.17) is 9.90 Å². The third kappa shape index (κ3) is 51.8. The number of rotatable bonds is 1. The van der Waals surface area contributed by atoms with Crippen LogP contribution in [0.25, 0.3) is 0 Å². The number of carbonyl (C=O) groups excluding carboxylic acids is 1. The second kappa shape index (κ2) is 9.84. The first-order valence-electron chi connectivity index (χ1n) is 2.05. The van der Waals surface area contributed by atoms with Crippen molar-refractivity contribution in [3.63, 3.8) is 0 Å².